The second-order valence-electron chi connectivity index (χ2n) is 5.62. The summed E-state index contributed by atoms with van der Waals surface area (Å²) in [5.74, 6) is -0.214. The Morgan fingerprint density at radius 1 is 1.05 bits per heavy atom. The first kappa shape index (κ1) is 14.1. The maximum absolute atomic E-state index is 12.1. The molecule has 1 heterocycles. The van der Waals surface area contributed by atoms with E-state index in [4.69, 9.17) is 0 Å². The first-order valence-electron chi connectivity index (χ1n) is 6.55. The van der Waals surface area contributed by atoms with Gasteiger partial charge in [-0.2, -0.15) is 0 Å². The van der Waals surface area contributed by atoms with Crippen LogP contribution in [0.4, 0.5) is 11.4 Å². The second kappa shape index (κ2) is 5.74. The van der Waals surface area contributed by atoms with E-state index < -0.39 is 0 Å². The Morgan fingerprint density at radius 3 is 2.40 bits per heavy atom. The van der Waals surface area contributed by atoms with E-state index in [1.807, 2.05) is 36.4 Å². The molecule has 0 saturated heterocycles. The molecule has 0 fully saturated rings. The third kappa shape index (κ3) is 4.09. The lowest BCUT2D eigenvalue weighted by Crippen LogP contribution is -2.26. The number of rotatable bonds is 3. The van der Waals surface area contributed by atoms with Crippen molar-refractivity contribution < 1.29 is 4.79 Å². The fourth-order valence-corrected chi connectivity index (χ4v) is 1.78. The molecule has 20 heavy (non-hydrogen) atoms. The van der Waals surface area contributed by atoms with Crippen molar-refractivity contribution in [1.82, 2.24) is 4.98 Å². The van der Waals surface area contributed by atoms with E-state index in [9.17, 15) is 4.79 Å². The second-order valence-corrected chi connectivity index (χ2v) is 5.62. The number of nitrogens with one attached hydrogen (secondary N) is 2. The molecule has 4 heteroatoms. The summed E-state index contributed by atoms with van der Waals surface area (Å²) in [6, 6.07) is 12.9. The zero-order valence-corrected chi connectivity index (χ0v) is 12.0. The molecule has 0 bridgehead atoms. The Balaban J connectivity index is 2.12. The van der Waals surface area contributed by atoms with E-state index in [1.54, 1.807) is 12.3 Å². The average molecular weight is 269 g/mol. The standard InChI is InChI=1S/C16H19N3O/c1-16(2,3)19-13-9-10-17-14(11-13)15(20)18-12-7-5-4-6-8-12/h4-11H,1-3H3,(H,17,19)(H,18,20). The van der Waals surface area contributed by atoms with Crippen molar-refractivity contribution >= 4 is 17.3 Å². The molecule has 2 N–H and O–H groups in total. The summed E-state index contributed by atoms with van der Waals surface area (Å²) in [6.45, 7) is 6.20. The molecule has 0 unspecified atom stereocenters. The van der Waals surface area contributed by atoms with Crippen molar-refractivity contribution in [3.63, 3.8) is 0 Å². The minimum Gasteiger partial charge on any atom is -0.380 e. The van der Waals surface area contributed by atoms with Gasteiger partial charge in [-0.25, -0.2) is 0 Å². The minimum atomic E-state index is -0.214. The summed E-state index contributed by atoms with van der Waals surface area (Å²) in [6.07, 6.45) is 1.63. The fourth-order valence-electron chi connectivity index (χ4n) is 1.78. The Hall–Kier alpha value is -2.36. The highest BCUT2D eigenvalue weighted by Gasteiger charge is 2.12. The molecule has 0 spiro atoms. The van der Waals surface area contributed by atoms with Gasteiger partial charge in [-0.05, 0) is 45.0 Å². The third-order valence-corrected chi connectivity index (χ3v) is 2.54. The van der Waals surface area contributed by atoms with E-state index in [-0.39, 0.29) is 11.4 Å². The number of pyridine rings is 1. The van der Waals surface area contributed by atoms with E-state index in [0.29, 0.717) is 5.69 Å². The predicted molar refractivity (Wildman–Crippen MR) is 82.0 cm³/mol. The number of amides is 1. The first-order chi connectivity index (χ1) is 9.44. The molecular weight excluding hydrogens is 250 g/mol. The lowest BCUT2D eigenvalue weighted by molar-refractivity contribution is 0.102. The molecule has 1 amide bonds. The van der Waals surface area contributed by atoms with Crippen LogP contribution in [-0.2, 0) is 0 Å². The van der Waals surface area contributed by atoms with Crippen LogP contribution in [0, 0.1) is 0 Å². The van der Waals surface area contributed by atoms with Crippen LogP contribution in [0.3, 0.4) is 0 Å². The minimum absolute atomic E-state index is 0.0610. The predicted octanol–water partition coefficient (Wildman–Crippen LogP) is 3.54. The lowest BCUT2D eigenvalue weighted by Gasteiger charge is -2.22. The van der Waals surface area contributed by atoms with E-state index in [0.717, 1.165) is 11.4 Å². The Morgan fingerprint density at radius 2 is 1.75 bits per heavy atom. The number of para-hydroxylation sites is 1. The van der Waals surface area contributed by atoms with E-state index >= 15 is 0 Å². The maximum atomic E-state index is 12.1. The largest absolute Gasteiger partial charge is 0.380 e. The SMILES string of the molecule is CC(C)(C)Nc1ccnc(C(=O)Nc2ccccc2)c1. The number of carbonyl (C=O) groups is 1. The Kier molecular flexibility index (Phi) is 4.03. The molecule has 0 atom stereocenters. The number of carbonyl (C=O) groups excluding carboxylic acids is 1. The van der Waals surface area contributed by atoms with Crippen LogP contribution in [0.15, 0.2) is 48.7 Å². The molecule has 2 rings (SSSR count). The molecular formula is C16H19N3O. The normalized spacial score (nSPS) is 10.9. The van der Waals surface area contributed by atoms with Gasteiger partial charge in [0.1, 0.15) is 5.69 Å². The Bertz CT molecular complexity index is 588. The van der Waals surface area contributed by atoms with Crippen molar-refractivity contribution in [1.29, 1.82) is 0 Å². The zero-order valence-electron chi connectivity index (χ0n) is 12.0. The third-order valence-electron chi connectivity index (χ3n) is 2.54. The Labute approximate surface area is 119 Å². The van der Waals surface area contributed by atoms with Crippen LogP contribution >= 0.6 is 0 Å². The van der Waals surface area contributed by atoms with Gasteiger partial charge in [0.2, 0.25) is 0 Å². The molecule has 1 aromatic heterocycles. The number of anilines is 2. The molecule has 104 valence electrons. The van der Waals surface area contributed by atoms with Gasteiger partial charge in [0, 0.05) is 23.1 Å². The number of benzene rings is 1. The molecule has 0 aliphatic rings. The van der Waals surface area contributed by atoms with Gasteiger partial charge >= 0.3 is 0 Å². The number of nitrogens with zero attached hydrogens (tertiary/aromatic N) is 1. The average Bonchev–Trinajstić information content (AvgIpc) is 2.38. The van der Waals surface area contributed by atoms with Gasteiger partial charge < -0.3 is 10.6 Å². The van der Waals surface area contributed by atoms with Gasteiger partial charge in [0.05, 0.1) is 0 Å². The highest BCUT2D eigenvalue weighted by atomic mass is 16.1. The highest BCUT2D eigenvalue weighted by Crippen LogP contribution is 2.15. The van der Waals surface area contributed by atoms with Gasteiger partial charge in [0.15, 0.2) is 0 Å². The van der Waals surface area contributed by atoms with Gasteiger partial charge in [-0.3, -0.25) is 9.78 Å². The van der Waals surface area contributed by atoms with Gasteiger partial charge in [-0.1, -0.05) is 18.2 Å². The molecule has 0 radical (unpaired) electrons. The summed E-state index contributed by atoms with van der Waals surface area (Å²) >= 11 is 0. The summed E-state index contributed by atoms with van der Waals surface area (Å²) in [4.78, 5) is 16.2. The molecule has 0 aliphatic heterocycles. The van der Waals surface area contributed by atoms with Crippen molar-refractivity contribution in [2.75, 3.05) is 10.6 Å². The summed E-state index contributed by atoms with van der Waals surface area (Å²) < 4.78 is 0. The number of aromatic nitrogens is 1. The maximum Gasteiger partial charge on any atom is 0.274 e. The molecule has 0 saturated carbocycles. The van der Waals surface area contributed by atoms with Crippen LogP contribution in [0.25, 0.3) is 0 Å². The van der Waals surface area contributed by atoms with Crippen LogP contribution in [0.5, 0.6) is 0 Å². The van der Waals surface area contributed by atoms with Gasteiger partial charge in [-0.15, -0.1) is 0 Å². The summed E-state index contributed by atoms with van der Waals surface area (Å²) in [5.41, 5.74) is 1.97. The number of hydrogen-bond acceptors (Lipinski definition) is 3. The van der Waals surface area contributed by atoms with Crippen LogP contribution in [0.2, 0.25) is 0 Å². The summed E-state index contributed by atoms with van der Waals surface area (Å²) in [7, 11) is 0. The van der Waals surface area contributed by atoms with Crippen molar-refractivity contribution in [3.05, 3.63) is 54.4 Å². The van der Waals surface area contributed by atoms with Crippen LogP contribution in [0.1, 0.15) is 31.3 Å². The highest BCUT2D eigenvalue weighted by molar-refractivity contribution is 6.03. The van der Waals surface area contributed by atoms with Gasteiger partial charge in [0.25, 0.3) is 5.91 Å². The van der Waals surface area contributed by atoms with E-state index in [1.165, 1.54) is 0 Å². The van der Waals surface area contributed by atoms with Crippen LogP contribution < -0.4 is 10.6 Å². The smallest absolute Gasteiger partial charge is 0.274 e. The molecule has 4 nitrogen and oxygen atoms in total. The van der Waals surface area contributed by atoms with Crippen molar-refractivity contribution in [3.8, 4) is 0 Å². The zero-order chi connectivity index (χ0) is 14.6. The summed E-state index contributed by atoms with van der Waals surface area (Å²) in [5, 5.41) is 6.14. The van der Waals surface area contributed by atoms with Crippen molar-refractivity contribution in [2.45, 2.75) is 26.3 Å². The fraction of sp³-hybridized carbons (Fsp3) is 0.250. The molecule has 0 aliphatic carbocycles. The van der Waals surface area contributed by atoms with E-state index in [2.05, 4.69) is 36.4 Å². The van der Waals surface area contributed by atoms with Crippen molar-refractivity contribution in [2.24, 2.45) is 0 Å². The molecule has 2 aromatic rings. The molecule has 1 aromatic carbocycles. The van der Waals surface area contributed by atoms with Crippen LogP contribution in [-0.4, -0.2) is 16.4 Å². The quantitative estimate of drug-likeness (QED) is 0.896. The topological polar surface area (TPSA) is 54.0 Å². The lowest BCUT2D eigenvalue weighted by atomic mass is 10.1. The number of hydrogen-bond donors (Lipinski definition) is 2. The first-order valence-corrected chi connectivity index (χ1v) is 6.55. The monoisotopic (exact) mass is 269 g/mol.